The van der Waals surface area contributed by atoms with E-state index in [1.165, 1.54) is 5.56 Å². The number of halogens is 2. The fourth-order valence-corrected chi connectivity index (χ4v) is 4.92. The average Bonchev–Trinajstić information content (AvgIpc) is 3.24. The Morgan fingerprint density at radius 2 is 1.76 bits per heavy atom. The van der Waals surface area contributed by atoms with Crippen LogP contribution in [0.1, 0.15) is 22.0 Å². The number of hydrogen-bond donors (Lipinski definition) is 0. The van der Waals surface area contributed by atoms with E-state index >= 15 is 0 Å². The molecule has 2 aromatic rings. The molecule has 2 aliphatic heterocycles. The molecule has 0 bridgehead atoms. The van der Waals surface area contributed by atoms with Crippen molar-refractivity contribution in [3.8, 4) is 11.5 Å². The number of methoxy groups -OCH3 is 2. The van der Waals surface area contributed by atoms with Gasteiger partial charge in [0.1, 0.15) is 11.5 Å². The Morgan fingerprint density at radius 3 is 2.41 bits per heavy atom. The van der Waals surface area contributed by atoms with Crippen molar-refractivity contribution in [1.82, 2.24) is 9.80 Å². The summed E-state index contributed by atoms with van der Waals surface area (Å²) in [5.41, 5.74) is 1.80. The molecule has 2 saturated heterocycles. The molecule has 2 aromatic carbocycles. The molecule has 2 heterocycles. The standard InChI is InChI=1S/C22H25ClN2O3.ClH/c1-24-11-15-12-25(22(26)18-10-16(23)6-9-20(18)28-3)13-19(15)21(24)14-4-7-17(27-2)8-5-14;/h4-10,15,19,21H,11-13H2,1-3H3;1H/t15-,19+,21+;/m0./s1. The second-order valence-electron chi connectivity index (χ2n) is 7.64. The fourth-order valence-electron chi connectivity index (χ4n) is 4.74. The Bertz CT molecular complexity index is 875. The van der Waals surface area contributed by atoms with Crippen molar-refractivity contribution >= 4 is 29.9 Å². The van der Waals surface area contributed by atoms with Crippen LogP contribution in [-0.4, -0.2) is 56.6 Å². The summed E-state index contributed by atoms with van der Waals surface area (Å²) in [4.78, 5) is 17.5. The van der Waals surface area contributed by atoms with Gasteiger partial charge in [0.05, 0.1) is 19.8 Å². The molecule has 2 aliphatic rings. The van der Waals surface area contributed by atoms with E-state index in [2.05, 4.69) is 24.1 Å². The van der Waals surface area contributed by atoms with Crippen LogP contribution in [0.3, 0.4) is 0 Å². The first-order valence-corrected chi connectivity index (χ1v) is 9.86. The topological polar surface area (TPSA) is 42.0 Å². The predicted octanol–water partition coefficient (Wildman–Crippen LogP) is 4.15. The maximum atomic E-state index is 13.2. The van der Waals surface area contributed by atoms with Crippen LogP contribution in [0.5, 0.6) is 11.5 Å². The maximum absolute atomic E-state index is 13.2. The van der Waals surface area contributed by atoms with Crippen molar-refractivity contribution in [3.63, 3.8) is 0 Å². The van der Waals surface area contributed by atoms with Crippen LogP contribution in [0.2, 0.25) is 5.02 Å². The summed E-state index contributed by atoms with van der Waals surface area (Å²) in [5.74, 6) is 2.29. The molecule has 4 rings (SSSR count). The zero-order valence-corrected chi connectivity index (χ0v) is 18.4. The van der Waals surface area contributed by atoms with Gasteiger partial charge in [-0.25, -0.2) is 0 Å². The van der Waals surface area contributed by atoms with Crippen molar-refractivity contribution in [2.75, 3.05) is 40.9 Å². The van der Waals surface area contributed by atoms with Gasteiger partial charge in [-0.3, -0.25) is 9.69 Å². The van der Waals surface area contributed by atoms with Gasteiger partial charge in [-0.1, -0.05) is 23.7 Å². The Balaban J connectivity index is 0.00000240. The monoisotopic (exact) mass is 436 g/mol. The van der Waals surface area contributed by atoms with E-state index in [0.717, 1.165) is 25.4 Å². The smallest absolute Gasteiger partial charge is 0.257 e. The van der Waals surface area contributed by atoms with Crippen LogP contribution in [0.4, 0.5) is 0 Å². The highest BCUT2D eigenvalue weighted by Gasteiger charge is 2.47. The Morgan fingerprint density at radius 1 is 1.03 bits per heavy atom. The molecule has 0 radical (unpaired) electrons. The number of carbonyl (C=O) groups is 1. The summed E-state index contributed by atoms with van der Waals surface area (Å²) >= 11 is 6.12. The molecule has 3 atom stereocenters. The van der Waals surface area contributed by atoms with Gasteiger partial charge in [0.15, 0.2) is 0 Å². The first-order chi connectivity index (χ1) is 13.5. The highest BCUT2D eigenvalue weighted by atomic mass is 35.5. The number of likely N-dealkylation sites (tertiary alicyclic amines) is 2. The zero-order chi connectivity index (χ0) is 19.8. The van der Waals surface area contributed by atoms with Crippen molar-refractivity contribution < 1.29 is 14.3 Å². The number of fused-ring (bicyclic) bond motifs is 1. The Kier molecular flexibility index (Phi) is 6.62. The van der Waals surface area contributed by atoms with Crippen LogP contribution >= 0.6 is 24.0 Å². The van der Waals surface area contributed by atoms with Crippen LogP contribution in [0.25, 0.3) is 0 Å². The van der Waals surface area contributed by atoms with E-state index in [1.807, 2.05) is 17.0 Å². The summed E-state index contributed by atoms with van der Waals surface area (Å²) in [6.07, 6.45) is 0. The van der Waals surface area contributed by atoms with Crippen LogP contribution in [0, 0.1) is 11.8 Å². The molecule has 29 heavy (non-hydrogen) atoms. The summed E-state index contributed by atoms with van der Waals surface area (Å²) < 4.78 is 10.7. The first kappa shape index (κ1) is 21.8. The van der Waals surface area contributed by atoms with Gasteiger partial charge in [0.25, 0.3) is 5.91 Å². The number of nitrogens with zero attached hydrogens (tertiary/aromatic N) is 2. The molecule has 156 valence electrons. The van der Waals surface area contributed by atoms with Crippen LogP contribution in [0.15, 0.2) is 42.5 Å². The Labute approximate surface area is 182 Å². The van der Waals surface area contributed by atoms with Crippen LogP contribution < -0.4 is 9.47 Å². The number of carbonyl (C=O) groups excluding carboxylic acids is 1. The highest BCUT2D eigenvalue weighted by molar-refractivity contribution is 6.31. The predicted molar refractivity (Wildman–Crippen MR) is 117 cm³/mol. The summed E-state index contributed by atoms with van der Waals surface area (Å²) in [6.45, 7) is 2.48. The third-order valence-electron chi connectivity index (χ3n) is 6.03. The van der Waals surface area contributed by atoms with Crippen molar-refractivity contribution in [1.29, 1.82) is 0 Å². The van der Waals surface area contributed by atoms with E-state index in [-0.39, 0.29) is 18.3 Å². The number of rotatable bonds is 4. The molecule has 7 heteroatoms. The lowest BCUT2D eigenvalue weighted by atomic mass is 9.89. The molecule has 0 N–H and O–H groups in total. The van der Waals surface area contributed by atoms with E-state index in [1.54, 1.807) is 32.4 Å². The third-order valence-corrected chi connectivity index (χ3v) is 6.27. The minimum Gasteiger partial charge on any atom is -0.497 e. The molecule has 0 spiro atoms. The Hall–Kier alpha value is -1.95. The summed E-state index contributed by atoms with van der Waals surface area (Å²) in [5, 5.41) is 0.541. The maximum Gasteiger partial charge on any atom is 0.257 e. The van der Waals surface area contributed by atoms with Crippen molar-refractivity contribution in [2.45, 2.75) is 6.04 Å². The fraction of sp³-hybridized carbons (Fsp3) is 0.409. The molecule has 1 amide bonds. The van der Waals surface area contributed by atoms with Gasteiger partial charge in [0, 0.05) is 36.6 Å². The van der Waals surface area contributed by atoms with E-state index in [9.17, 15) is 4.79 Å². The minimum absolute atomic E-state index is 0. The molecular weight excluding hydrogens is 411 g/mol. The summed E-state index contributed by atoms with van der Waals surface area (Å²) in [7, 11) is 5.42. The lowest BCUT2D eigenvalue weighted by molar-refractivity contribution is 0.0764. The molecule has 0 unspecified atom stereocenters. The van der Waals surface area contributed by atoms with Gasteiger partial charge < -0.3 is 14.4 Å². The quantitative estimate of drug-likeness (QED) is 0.721. The normalized spacial score (nSPS) is 23.4. The molecular formula is C22H26Cl2N2O3. The largest absolute Gasteiger partial charge is 0.497 e. The lowest BCUT2D eigenvalue weighted by Gasteiger charge is -2.27. The number of hydrogen-bond acceptors (Lipinski definition) is 4. The first-order valence-electron chi connectivity index (χ1n) is 9.49. The number of benzene rings is 2. The lowest BCUT2D eigenvalue weighted by Crippen LogP contribution is -2.33. The van der Waals surface area contributed by atoms with Crippen molar-refractivity contribution in [2.24, 2.45) is 11.8 Å². The second kappa shape index (κ2) is 8.82. The van der Waals surface area contributed by atoms with Gasteiger partial charge >= 0.3 is 0 Å². The number of ether oxygens (including phenoxy) is 2. The van der Waals surface area contributed by atoms with Crippen LogP contribution in [-0.2, 0) is 0 Å². The van der Waals surface area contributed by atoms with Crippen molar-refractivity contribution in [3.05, 3.63) is 58.6 Å². The summed E-state index contributed by atoms with van der Waals surface area (Å²) in [6, 6.07) is 13.8. The van der Waals surface area contributed by atoms with Gasteiger partial charge in [0.2, 0.25) is 0 Å². The van der Waals surface area contributed by atoms with E-state index < -0.39 is 0 Å². The molecule has 0 aromatic heterocycles. The van der Waals surface area contributed by atoms with E-state index in [0.29, 0.717) is 34.2 Å². The zero-order valence-electron chi connectivity index (χ0n) is 16.8. The van der Waals surface area contributed by atoms with Gasteiger partial charge in [-0.05, 0) is 48.9 Å². The number of amides is 1. The molecule has 2 fully saturated rings. The van der Waals surface area contributed by atoms with E-state index in [4.69, 9.17) is 21.1 Å². The molecule has 0 aliphatic carbocycles. The molecule has 0 saturated carbocycles. The third kappa shape index (κ3) is 4.04. The second-order valence-corrected chi connectivity index (χ2v) is 8.07. The average molecular weight is 437 g/mol. The molecule has 5 nitrogen and oxygen atoms in total. The SMILES string of the molecule is COc1ccc([C@@H]2[C@@H]3CN(C(=O)c4cc(Cl)ccc4OC)C[C@@H]3CN2C)cc1.Cl. The van der Waals surface area contributed by atoms with Gasteiger partial charge in [-0.15, -0.1) is 12.4 Å². The highest BCUT2D eigenvalue weighted by Crippen LogP contribution is 2.44. The minimum atomic E-state index is -0.00937. The van der Waals surface area contributed by atoms with Gasteiger partial charge in [-0.2, -0.15) is 0 Å².